The molecule has 0 saturated heterocycles. The van der Waals surface area contributed by atoms with Gasteiger partial charge in [0.2, 0.25) is 0 Å². The van der Waals surface area contributed by atoms with Crippen LogP contribution in [0.5, 0.6) is 0 Å². The number of unbranched alkanes of at least 4 members (excludes halogenated alkanes) is 6. The van der Waals surface area contributed by atoms with Gasteiger partial charge < -0.3 is 0 Å². The van der Waals surface area contributed by atoms with Crippen molar-refractivity contribution in [2.24, 2.45) is 0 Å². The van der Waals surface area contributed by atoms with Crippen molar-refractivity contribution >= 4 is 87.4 Å². The summed E-state index contributed by atoms with van der Waals surface area (Å²) in [4.78, 5) is 2.89. The van der Waals surface area contributed by atoms with Crippen LogP contribution < -0.4 is 31.6 Å². The van der Waals surface area contributed by atoms with Gasteiger partial charge in [0, 0.05) is 42.6 Å². The minimum atomic E-state index is -1.65. The summed E-state index contributed by atoms with van der Waals surface area (Å²) in [6.45, 7) is 14.5. The Hall–Kier alpha value is -1.17. The summed E-state index contributed by atoms with van der Waals surface area (Å²) in [5.74, 6) is 0. The highest BCUT2D eigenvalue weighted by Gasteiger charge is 2.41. The van der Waals surface area contributed by atoms with Gasteiger partial charge in [0.25, 0.3) is 0 Å². The van der Waals surface area contributed by atoms with Crippen molar-refractivity contribution in [2.75, 3.05) is 12.5 Å². The van der Waals surface area contributed by atoms with Gasteiger partial charge in [-0.15, -0.1) is 23.5 Å². The molecule has 0 spiro atoms. The lowest BCUT2D eigenvalue weighted by atomic mass is 9.96. The lowest BCUT2D eigenvalue weighted by Crippen LogP contribution is -2.48. The fourth-order valence-electron chi connectivity index (χ4n) is 10.7. The minimum absolute atomic E-state index is 0.541. The zero-order valence-electron chi connectivity index (χ0n) is 41.2. The third kappa shape index (κ3) is 14.0. The molecule has 63 heavy (non-hydrogen) atoms. The van der Waals surface area contributed by atoms with Crippen LogP contribution in [0.3, 0.4) is 0 Å². The molecule has 0 N–H and O–H groups in total. The Kier molecular flexibility index (Phi) is 23.7. The summed E-state index contributed by atoms with van der Waals surface area (Å²) < 4.78 is 3.21. The lowest BCUT2D eigenvalue weighted by Gasteiger charge is -2.46. The van der Waals surface area contributed by atoms with Crippen LogP contribution in [-0.4, -0.2) is 39.1 Å². The molecule has 0 radical (unpaired) electrons. The van der Waals surface area contributed by atoms with E-state index in [0.29, 0.717) is 6.04 Å². The van der Waals surface area contributed by atoms with Crippen molar-refractivity contribution in [1.82, 2.24) is 4.44 Å². The number of hydrogen-bond donors (Lipinski definition) is 0. The smallest absolute Gasteiger partial charge is 0.0867 e. The molecule has 4 aromatic carbocycles. The van der Waals surface area contributed by atoms with Gasteiger partial charge >= 0.3 is 0 Å². The van der Waals surface area contributed by atoms with Gasteiger partial charge in [-0.3, -0.25) is 0 Å². The summed E-state index contributed by atoms with van der Waals surface area (Å²) in [6.07, 6.45) is 27.3. The SMILES string of the molecule is CCCC[Si](CCCC)(CCCC)c1ccc(P(c2ccc([Si](CCCC)(CCCC)CCCC)cc2)N(C2CCCCC2)P(c2ccccc2SC)c2ccccc2SC)cc1. The standard InChI is InChI=1S/C56H87NP2S2Si2/c1-9-15-42-62(43-16-10-2,44-17-11-3)51-38-34-49(35-39-51)58(50-36-40-52(41-37-50)63(45-18-12-4,46-19-13-5)47-20-14-6)57(48-28-22-21-23-29-48)59(53-30-24-26-32-55(53)60-7)54-31-25-27-33-56(54)61-8/h24-27,30-41,48H,9-23,28-29,42-47H2,1-8H3. The van der Waals surface area contributed by atoms with Crippen molar-refractivity contribution in [2.45, 2.75) is 203 Å². The summed E-state index contributed by atoms with van der Waals surface area (Å²) in [6, 6.07) is 49.9. The maximum absolute atomic E-state index is 3.21. The first kappa shape index (κ1) is 52.8. The highest BCUT2D eigenvalue weighted by Crippen LogP contribution is 2.59. The number of rotatable bonds is 29. The zero-order valence-corrected chi connectivity index (χ0v) is 46.7. The van der Waals surface area contributed by atoms with Gasteiger partial charge in [0.05, 0.1) is 16.1 Å². The van der Waals surface area contributed by atoms with Crippen LogP contribution in [-0.2, 0) is 0 Å². The molecular weight excluding hydrogens is 869 g/mol. The van der Waals surface area contributed by atoms with E-state index in [1.54, 1.807) is 31.6 Å². The number of thioether (sulfide) groups is 2. The molecule has 1 saturated carbocycles. The molecule has 1 aliphatic rings. The molecular formula is C56H87NP2S2Si2. The molecule has 0 unspecified atom stereocenters. The van der Waals surface area contributed by atoms with E-state index < -0.39 is 32.3 Å². The maximum Gasteiger partial charge on any atom is 0.0867 e. The molecule has 0 amide bonds. The van der Waals surface area contributed by atoms with Crippen molar-refractivity contribution in [3.63, 3.8) is 0 Å². The largest absolute Gasteiger partial charge is 0.242 e. The van der Waals surface area contributed by atoms with Crippen LogP contribution in [0.1, 0.15) is 151 Å². The molecule has 7 heteroatoms. The Morgan fingerprint density at radius 3 is 1.10 bits per heavy atom. The third-order valence-corrected chi connectivity index (χ3v) is 33.1. The van der Waals surface area contributed by atoms with Gasteiger partial charge in [-0.05, 0) is 48.1 Å². The van der Waals surface area contributed by atoms with E-state index in [0.717, 1.165) is 0 Å². The first-order valence-corrected chi connectivity index (χ1v) is 36.0. The molecule has 1 fully saturated rings. The second-order valence-electron chi connectivity index (χ2n) is 18.9. The highest BCUT2D eigenvalue weighted by molar-refractivity contribution is 8.00. The fraction of sp³-hybridized carbons (Fsp3) is 0.571. The molecule has 0 atom stereocenters. The summed E-state index contributed by atoms with van der Waals surface area (Å²) in [5, 5.41) is 9.72. The molecule has 0 aliphatic heterocycles. The first-order valence-electron chi connectivity index (χ1n) is 25.8. The topological polar surface area (TPSA) is 3.24 Å². The fourth-order valence-corrected chi connectivity index (χ4v) is 30.3. The average molecular weight is 957 g/mol. The Morgan fingerprint density at radius 1 is 0.444 bits per heavy atom. The molecule has 346 valence electrons. The summed E-state index contributed by atoms with van der Waals surface area (Å²) in [5.41, 5.74) is 0. The van der Waals surface area contributed by atoms with E-state index in [1.807, 2.05) is 23.5 Å². The van der Waals surface area contributed by atoms with Crippen LogP contribution in [0, 0.1) is 0 Å². The predicted octanol–water partition coefficient (Wildman–Crippen LogP) is 16.3. The molecule has 0 bridgehead atoms. The number of benzene rings is 4. The highest BCUT2D eigenvalue weighted by atomic mass is 32.2. The number of hydrogen-bond acceptors (Lipinski definition) is 3. The van der Waals surface area contributed by atoms with Crippen LogP contribution in [0.25, 0.3) is 0 Å². The second-order valence-corrected chi connectivity index (χ2v) is 34.2. The van der Waals surface area contributed by atoms with E-state index in [1.165, 1.54) is 155 Å². The lowest BCUT2D eigenvalue weighted by molar-refractivity contribution is 0.355. The summed E-state index contributed by atoms with van der Waals surface area (Å²) >= 11 is 3.89. The van der Waals surface area contributed by atoms with E-state index in [-0.39, 0.29) is 0 Å². The second kappa shape index (κ2) is 28.2. The average Bonchev–Trinajstić information content (AvgIpc) is 3.34. The molecule has 1 nitrogen and oxygen atoms in total. The Balaban J connectivity index is 1.80. The Labute approximate surface area is 401 Å². The number of nitrogens with zero attached hydrogens (tertiary/aromatic N) is 1. The quantitative estimate of drug-likeness (QED) is 0.0303. The zero-order chi connectivity index (χ0) is 44.9. The van der Waals surface area contributed by atoms with Crippen molar-refractivity contribution < 1.29 is 0 Å². The van der Waals surface area contributed by atoms with Crippen LogP contribution in [0.15, 0.2) is 107 Å². The molecule has 0 heterocycles. The van der Waals surface area contributed by atoms with Crippen molar-refractivity contribution in [3.8, 4) is 0 Å². The normalized spacial score (nSPS) is 14.1. The van der Waals surface area contributed by atoms with Crippen molar-refractivity contribution in [1.29, 1.82) is 0 Å². The predicted molar refractivity (Wildman–Crippen MR) is 299 cm³/mol. The van der Waals surface area contributed by atoms with Crippen LogP contribution in [0.2, 0.25) is 36.3 Å². The van der Waals surface area contributed by atoms with E-state index >= 15 is 0 Å². The van der Waals surface area contributed by atoms with Gasteiger partial charge in [-0.25, -0.2) is 4.44 Å². The Morgan fingerprint density at radius 2 is 0.778 bits per heavy atom. The third-order valence-electron chi connectivity index (χ3n) is 14.4. The Bertz CT molecular complexity index is 1700. The maximum atomic E-state index is 3.21. The monoisotopic (exact) mass is 956 g/mol. The van der Waals surface area contributed by atoms with E-state index in [9.17, 15) is 0 Å². The van der Waals surface area contributed by atoms with Gasteiger partial charge in [0.15, 0.2) is 0 Å². The van der Waals surface area contributed by atoms with Crippen molar-refractivity contribution in [3.05, 3.63) is 97.1 Å². The molecule has 5 rings (SSSR count). The van der Waals surface area contributed by atoms with Gasteiger partial charge in [-0.2, -0.15) is 0 Å². The van der Waals surface area contributed by atoms with E-state index in [4.69, 9.17) is 0 Å². The van der Waals surface area contributed by atoms with E-state index in [2.05, 4.69) is 156 Å². The van der Waals surface area contributed by atoms with Crippen LogP contribution >= 0.6 is 39.7 Å². The molecule has 0 aromatic heterocycles. The molecule has 4 aromatic rings. The first-order chi connectivity index (χ1) is 30.9. The van der Waals surface area contributed by atoms with Gasteiger partial charge in [-0.1, -0.05) is 269 Å². The summed E-state index contributed by atoms with van der Waals surface area (Å²) in [7, 11) is -4.99. The minimum Gasteiger partial charge on any atom is -0.242 e. The molecule has 1 aliphatic carbocycles. The van der Waals surface area contributed by atoms with Gasteiger partial charge in [0.1, 0.15) is 0 Å². The van der Waals surface area contributed by atoms with Crippen LogP contribution in [0.4, 0.5) is 0 Å².